The van der Waals surface area contributed by atoms with E-state index in [1.54, 1.807) is 23.1 Å². The summed E-state index contributed by atoms with van der Waals surface area (Å²) < 4.78 is 40.2. The van der Waals surface area contributed by atoms with Gasteiger partial charge in [0.1, 0.15) is 0 Å². The number of rotatable bonds is 2. The van der Waals surface area contributed by atoms with Crippen LogP contribution in [0.25, 0.3) is 11.1 Å². The maximum absolute atomic E-state index is 13.1. The molecule has 0 N–H and O–H groups in total. The quantitative estimate of drug-likeness (QED) is 0.724. The number of anilines is 1. The van der Waals surface area contributed by atoms with Gasteiger partial charge in [0.2, 0.25) is 0 Å². The first-order chi connectivity index (χ1) is 9.30. The summed E-state index contributed by atoms with van der Waals surface area (Å²) in [5.74, 6) is 0. The average molecular weight is 344 g/mol. The van der Waals surface area contributed by atoms with E-state index in [9.17, 15) is 13.2 Å². The van der Waals surface area contributed by atoms with Crippen molar-refractivity contribution in [3.63, 3.8) is 0 Å². The molecule has 0 unspecified atom stereocenters. The minimum atomic E-state index is -4.37. The Morgan fingerprint density at radius 3 is 2.20 bits per heavy atom. The first-order valence-corrected chi connectivity index (χ1v) is 6.73. The summed E-state index contributed by atoms with van der Waals surface area (Å²) in [4.78, 5) is 1.80. The molecule has 2 rings (SSSR count). The van der Waals surface area contributed by atoms with Crippen molar-refractivity contribution in [3.05, 3.63) is 52.5 Å². The Morgan fingerprint density at radius 1 is 0.950 bits per heavy atom. The first kappa shape index (κ1) is 14.9. The van der Waals surface area contributed by atoms with Crippen molar-refractivity contribution in [1.29, 1.82) is 0 Å². The van der Waals surface area contributed by atoms with Gasteiger partial charge in [-0.2, -0.15) is 13.2 Å². The molecule has 0 aliphatic heterocycles. The molecule has 0 aromatic heterocycles. The van der Waals surface area contributed by atoms with Crippen molar-refractivity contribution in [2.75, 3.05) is 19.0 Å². The van der Waals surface area contributed by atoms with Crippen LogP contribution in [-0.2, 0) is 6.18 Å². The molecule has 0 atom stereocenters. The maximum atomic E-state index is 13.1. The van der Waals surface area contributed by atoms with Gasteiger partial charge in [-0.05, 0) is 23.8 Å². The van der Waals surface area contributed by atoms with E-state index in [0.29, 0.717) is 5.56 Å². The molecule has 0 bridgehead atoms. The van der Waals surface area contributed by atoms with Crippen molar-refractivity contribution in [3.8, 4) is 11.1 Å². The second kappa shape index (κ2) is 5.48. The lowest BCUT2D eigenvalue weighted by Crippen LogP contribution is -2.12. The standard InChI is InChI=1S/C15H13BrF3N/c1-20(2)14-9-10(16)7-8-12(14)11-5-3-4-6-13(11)15(17,18)19/h3-9H,1-2H3. The zero-order chi connectivity index (χ0) is 14.9. The summed E-state index contributed by atoms with van der Waals surface area (Å²) in [5.41, 5.74) is 0.865. The Balaban J connectivity index is 2.70. The third-order valence-electron chi connectivity index (χ3n) is 2.96. The van der Waals surface area contributed by atoms with Crippen LogP contribution in [0.2, 0.25) is 0 Å². The molecule has 0 spiro atoms. The van der Waals surface area contributed by atoms with E-state index in [2.05, 4.69) is 15.9 Å². The predicted molar refractivity (Wildman–Crippen MR) is 78.9 cm³/mol. The van der Waals surface area contributed by atoms with E-state index in [1.807, 2.05) is 20.2 Å². The van der Waals surface area contributed by atoms with E-state index in [4.69, 9.17) is 0 Å². The normalized spacial score (nSPS) is 11.5. The van der Waals surface area contributed by atoms with Crippen LogP contribution in [0.15, 0.2) is 46.9 Å². The number of hydrogen-bond donors (Lipinski definition) is 0. The molecule has 106 valence electrons. The molecular formula is C15H13BrF3N. The summed E-state index contributed by atoms with van der Waals surface area (Å²) in [6.07, 6.45) is -4.37. The lowest BCUT2D eigenvalue weighted by Gasteiger charge is -2.20. The van der Waals surface area contributed by atoms with Crippen molar-refractivity contribution in [2.24, 2.45) is 0 Å². The van der Waals surface area contributed by atoms with E-state index in [0.717, 1.165) is 16.2 Å². The van der Waals surface area contributed by atoms with E-state index >= 15 is 0 Å². The predicted octanol–water partition coefficient (Wildman–Crippen LogP) is 5.20. The zero-order valence-corrected chi connectivity index (χ0v) is 12.6. The molecule has 0 radical (unpaired) electrons. The number of alkyl halides is 3. The van der Waals surface area contributed by atoms with Gasteiger partial charge in [0.15, 0.2) is 0 Å². The molecule has 0 heterocycles. The molecule has 5 heteroatoms. The summed E-state index contributed by atoms with van der Waals surface area (Å²) in [5, 5.41) is 0. The van der Waals surface area contributed by atoms with Gasteiger partial charge in [-0.25, -0.2) is 0 Å². The monoisotopic (exact) mass is 343 g/mol. The van der Waals surface area contributed by atoms with Crippen LogP contribution in [-0.4, -0.2) is 14.1 Å². The minimum absolute atomic E-state index is 0.191. The highest BCUT2D eigenvalue weighted by atomic mass is 79.9. The number of halogens is 4. The van der Waals surface area contributed by atoms with Crippen molar-refractivity contribution in [1.82, 2.24) is 0 Å². The molecule has 2 aromatic rings. The highest BCUT2D eigenvalue weighted by Crippen LogP contribution is 2.40. The van der Waals surface area contributed by atoms with Crippen LogP contribution >= 0.6 is 15.9 Å². The highest BCUT2D eigenvalue weighted by molar-refractivity contribution is 9.10. The molecule has 1 nitrogen and oxygen atoms in total. The Hall–Kier alpha value is -1.49. The number of nitrogens with zero attached hydrogens (tertiary/aromatic N) is 1. The summed E-state index contributed by atoms with van der Waals surface area (Å²) in [6.45, 7) is 0. The van der Waals surface area contributed by atoms with Crippen LogP contribution in [0.4, 0.5) is 18.9 Å². The van der Waals surface area contributed by atoms with Crippen molar-refractivity contribution >= 4 is 21.6 Å². The van der Waals surface area contributed by atoms with Crippen molar-refractivity contribution in [2.45, 2.75) is 6.18 Å². The smallest absolute Gasteiger partial charge is 0.377 e. The fraction of sp³-hybridized carbons (Fsp3) is 0.200. The first-order valence-electron chi connectivity index (χ1n) is 5.94. The van der Waals surface area contributed by atoms with E-state index in [-0.39, 0.29) is 5.56 Å². The van der Waals surface area contributed by atoms with Gasteiger partial charge in [-0.3, -0.25) is 0 Å². The Bertz CT molecular complexity index is 621. The lowest BCUT2D eigenvalue weighted by atomic mass is 9.97. The topological polar surface area (TPSA) is 3.24 Å². The summed E-state index contributed by atoms with van der Waals surface area (Å²) >= 11 is 3.35. The lowest BCUT2D eigenvalue weighted by molar-refractivity contribution is -0.137. The summed E-state index contributed by atoms with van der Waals surface area (Å²) in [6, 6.07) is 10.9. The van der Waals surface area contributed by atoms with Crippen molar-refractivity contribution < 1.29 is 13.2 Å². The third-order valence-corrected chi connectivity index (χ3v) is 3.46. The molecule has 0 fully saturated rings. The van der Waals surface area contributed by atoms with Crippen LogP contribution in [0.5, 0.6) is 0 Å². The fourth-order valence-corrected chi connectivity index (χ4v) is 2.42. The second-order valence-corrected chi connectivity index (χ2v) is 5.51. The van der Waals surface area contributed by atoms with Crippen LogP contribution in [0, 0.1) is 0 Å². The minimum Gasteiger partial charge on any atom is -0.377 e. The van der Waals surface area contributed by atoms with Crippen LogP contribution in [0.3, 0.4) is 0 Å². The Morgan fingerprint density at radius 2 is 1.60 bits per heavy atom. The van der Waals surface area contributed by atoms with Gasteiger partial charge >= 0.3 is 6.18 Å². The second-order valence-electron chi connectivity index (χ2n) is 4.60. The van der Waals surface area contributed by atoms with Crippen LogP contribution in [0.1, 0.15) is 5.56 Å². The molecule has 2 aromatic carbocycles. The highest BCUT2D eigenvalue weighted by Gasteiger charge is 2.33. The number of benzene rings is 2. The van der Waals surface area contributed by atoms with E-state index in [1.165, 1.54) is 12.1 Å². The largest absolute Gasteiger partial charge is 0.417 e. The molecule has 20 heavy (non-hydrogen) atoms. The average Bonchev–Trinajstić information content (AvgIpc) is 2.37. The van der Waals surface area contributed by atoms with Crippen LogP contribution < -0.4 is 4.90 Å². The fourth-order valence-electron chi connectivity index (χ4n) is 2.07. The molecule has 0 amide bonds. The van der Waals surface area contributed by atoms with Gasteiger partial charge in [0, 0.05) is 29.8 Å². The number of hydrogen-bond acceptors (Lipinski definition) is 1. The molecular weight excluding hydrogens is 331 g/mol. The maximum Gasteiger partial charge on any atom is 0.417 e. The van der Waals surface area contributed by atoms with E-state index < -0.39 is 11.7 Å². The SMILES string of the molecule is CN(C)c1cc(Br)ccc1-c1ccccc1C(F)(F)F. The molecule has 0 saturated heterocycles. The Kier molecular flexibility index (Phi) is 4.09. The summed E-state index contributed by atoms with van der Waals surface area (Å²) in [7, 11) is 3.61. The molecule has 0 saturated carbocycles. The molecule has 0 aliphatic carbocycles. The van der Waals surface area contributed by atoms with Gasteiger partial charge in [0.05, 0.1) is 5.56 Å². The van der Waals surface area contributed by atoms with Gasteiger partial charge < -0.3 is 4.90 Å². The van der Waals surface area contributed by atoms with Gasteiger partial charge in [-0.15, -0.1) is 0 Å². The van der Waals surface area contributed by atoms with Gasteiger partial charge in [0.25, 0.3) is 0 Å². The Labute approximate surface area is 124 Å². The zero-order valence-electron chi connectivity index (χ0n) is 11.0. The van der Waals surface area contributed by atoms with Gasteiger partial charge in [-0.1, -0.05) is 40.2 Å². The molecule has 0 aliphatic rings. The third kappa shape index (κ3) is 2.98.